The van der Waals surface area contributed by atoms with Gasteiger partial charge >= 0.3 is 5.97 Å². The van der Waals surface area contributed by atoms with Crippen LogP contribution in [0.2, 0.25) is 0 Å². The largest absolute Gasteiger partial charge is 0.462 e. The van der Waals surface area contributed by atoms with Crippen molar-refractivity contribution in [2.45, 2.75) is 31.6 Å². The van der Waals surface area contributed by atoms with Gasteiger partial charge in [0, 0.05) is 11.8 Å². The highest BCUT2D eigenvalue weighted by molar-refractivity contribution is 6.25. The van der Waals surface area contributed by atoms with Crippen LogP contribution in [0.25, 0.3) is 0 Å². The van der Waals surface area contributed by atoms with E-state index in [1.807, 2.05) is 31.2 Å². The minimum absolute atomic E-state index is 0.174. The summed E-state index contributed by atoms with van der Waals surface area (Å²) in [6, 6.07) is 23.1. The fraction of sp³-hybridized carbons (Fsp3) is 0.276. The van der Waals surface area contributed by atoms with Crippen LogP contribution in [-0.2, 0) is 14.3 Å². The average Bonchev–Trinajstić information content (AvgIpc) is 3.14. The van der Waals surface area contributed by atoms with Gasteiger partial charge in [0.2, 0.25) is 11.8 Å². The molecule has 3 aromatic carbocycles. The predicted octanol–water partition coefficient (Wildman–Crippen LogP) is 5.04. The van der Waals surface area contributed by atoms with Crippen LogP contribution in [0, 0.1) is 11.8 Å². The van der Waals surface area contributed by atoms with Gasteiger partial charge < -0.3 is 4.74 Å². The van der Waals surface area contributed by atoms with Crippen LogP contribution >= 0.6 is 0 Å². The van der Waals surface area contributed by atoms with E-state index in [1.165, 1.54) is 4.90 Å². The summed E-state index contributed by atoms with van der Waals surface area (Å²) in [6.07, 6.45) is 1.67. The molecule has 0 N–H and O–H groups in total. The van der Waals surface area contributed by atoms with E-state index in [0.29, 0.717) is 12.3 Å². The molecular weight excluding hydrogens is 426 g/mol. The highest BCUT2D eigenvalue weighted by atomic mass is 16.5. The third kappa shape index (κ3) is 2.82. The van der Waals surface area contributed by atoms with Gasteiger partial charge in [-0.2, -0.15) is 0 Å². The maximum atomic E-state index is 13.9. The topological polar surface area (TPSA) is 63.7 Å². The number of ether oxygens (including phenoxy) is 1. The number of carbonyl (C=O) groups excluding carboxylic acids is 3. The molecule has 34 heavy (non-hydrogen) atoms. The van der Waals surface area contributed by atoms with Gasteiger partial charge in [-0.15, -0.1) is 0 Å². The smallest absolute Gasteiger partial charge is 0.340 e. The molecule has 0 spiro atoms. The lowest BCUT2D eigenvalue weighted by atomic mass is 9.55. The van der Waals surface area contributed by atoms with Gasteiger partial charge in [0.1, 0.15) is 0 Å². The summed E-state index contributed by atoms with van der Waals surface area (Å²) in [5, 5.41) is 0. The van der Waals surface area contributed by atoms with Crippen molar-refractivity contribution >= 4 is 23.5 Å². The Hall–Kier alpha value is -3.73. The Bertz CT molecular complexity index is 1210. The zero-order valence-electron chi connectivity index (χ0n) is 18.9. The molecule has 2 amide bonds. The fourth-order valence-corrected chi connectivity index (χ4v) is 6.14. The second kappa shape index (κ2) is 7.94. The summed E-state index contributed by atoms with van der Waals surface area (Å²) in [7, 11) is 0. The average molecular weight is 452 g/mol. The van der Waals surface area contributed by atoms with E-state index in [2.05, 4.69) is 24.3 Å². The van der Waals surface area contributed by atoms with Crippen molar-refractivity contribution < 1.29 is 19.1 Å². The molecule has 2 atom stereocenters. The number of hydrogen-bond acceptors (Lipinski definition) is 4. The first kappa shape index (κ1) is 20.8. The molecule has 3 aliphatic carbocycles. The van der Waals surface area contributed by atoms with E-state index in [9.17, 15) is 14.4 Å². The van der Waals surface area contributed by atoms with Crippen LogP contribution in [0.15, 0.2) is 72.8 Å². The number of nitrogens with zero attached hydrogens (tertiary/aromatic N) is 1. The zero-order valence-corrected chi connectivity index (χ0v) is 18.9. The van der Waals surface area contributed by atoms with Crippen LogP contribution in [0.1, 0.15) is 64.2 Å². The Balaban J connectivity index is 1.45. The van der Waals surface area contributed by atoms with Crippen LogP contribution in [0.5, 0.6) is 0 Å². The molecule has 0 radical (unpaired) electrons. The molecule has 7 rings (SSSR count). The normalized spacial score (nSPS) is 24.0. The Morgan fingerprint density at radius 2 is 1.24 bits per heavy atom. The van der Waals surface area contributed by atoms with Gasteiger partial charge in [0.15, 0.2) is 0 Å². The van der Waals surface area contributed by atoms with E-state index >= 15 is 0 Å². The first-order valence-corrected chi connectivity index (χ1v) is 11.9. The van der Waals surface area contributed by atoms with E-state index in [0.717, 1.165) is 35.1 Å². The van der Waals surface area contributed by atoms with Crippen molar-refractivity contribution in [3.05, 3.63) is 101 Å². The minimum atomic E-state index is -0.505. The summed E-state index contributed by atoms with van der Waals surface area (Å²) >= 11 is 0. The Kier molecular flexibility index (Phi) is 4.87. The number of anilines is 1. The third-order valence-corrected chi connectivity index (χ3v) is 7.54. The quantitative estimate of drug-likeness (QED) is 0.310. The summed E-state index contributed by atoms with van der Waals surface area (Å²) in [4.78, 5) is 42.0. The van der Waals surface area contributed by atoms with Crippen molar-refractivity contribution in [3.8, 4) is 0 Å². The van der Waals surface area contributed by atoms with Crippen molar-refractivity contribution in [2.75, 3.05) is 11.5 Å². The number of benzene rings is 3. The van der Waals surface area contributed by atoms with Crippen LogP contribution < -0.4 is 4.90 Å². The number of amides is 2. The number of imide groups is 1. The second-order valence-corrected chi connectivity index (χ2v) is 9.28. The molecular formula is C29H25NO4. The number of hydrogen-bond donors (Lipinski definition) is 0. The summed E-state index contributed by atoms with van der Waals surface area (Å²) in [5.41, 5.74) is 5.08. The lowest BCUT2D eigenvalue weighted by Gasteiger charge is -2.45. The zero-order chi connectivity index (χ0) is 23.4. The first-order chi connectivity index (χ1) is 16.6. The van der Waals surface area contributed by atoms with E-state index in [4.69, 9.17) is 4.74 Å². The molecule has 3 aromatic rings. The summed E-state index contributed by atoms with van der Waals surface area (Å²) in [6.45, 7) is 2.33. The van der Waals surface area contributed by atoms with Gasteiger partial charge in [-0.05, 0) is 40.8 Å². The third-order valence-electron chi connectivity index (χ3n) is 7.54. The van der Waals surface area contributed by atoms with Gasteiger partial charge in [-0.3, -0.25) is 9.59 Å². The van der Waals surface area contributed by atoms with Gasteiger partial charge in [-0.25, -0.2) is 9.69 Å². The van der Waals surface area contributed by atoms with Gasteiger partial charge in [-0.1, -0.05) is 74.0 Å². The highest BCUT2D eigenvalue weighted by Crippen LogP contribution is 2.61. The van der Waals surface area contributed by atoms with Crippen molar-refractivity contribution in [3.63, 3.8) is 0 Å². The lowest BCUT2D eigenvalue weighted by molar-refractivity contribution is -0.122. The number of rotatable bonds is 5. The molecule has 4 aliphatic rings. The number of esters is 1. The monoisotopic (exact) mass is 451 g/mol. The standard InChI is InChI=1S/C29H25NO4/c1-2-3-16-34-29(33)21-14-8-9-15-22(21)30-27(31)25-23-17-10-4-5-11-18(17)24(26(25)28(30)32)20-13-7-6-12-19(20)23/h4-15,23-26H,2-3,16H2,1H3/t23?,24?,25-,26-/m1/s1. The van der Waals surface area contributed by atoms with Gasteiger partial charge in [0.25, 0.3) is 0 Å². The molecule has 170 valence electrons. The number of carbonyl (C=O) groups is 3. The Morgan fingerprint density at radius 1 is 0.765 bits per heavy atom. The molecule has 1 saturated heterocycles. The molecule has 1 aliphatic heterocycles. The molecule has 5 heteroatoms. The SMILES string of the molecule is CCCCOC(=O)c1ccccc1N1C(=O)[C@@H]2C3c4ccccc4C(c4ccccc43)[C@H]2C1=O. The second-order valence-electron chi connectivity index (χ2n) is 9.28. The number of unbranched alkanes of at least 4 members (excludes halogenated alkanes) is 1. The number of para-hydroxylation sites is 1. The van der Waals surface area contributed by atoms with Gasteiger partial charge in [0.05, 0.1) is 29.7 Å². The molecule has 0 unspecified atom stereocenters. The lowest BCUT2D eigenvalue weighted by Crippen LogP contribution is -2.41. The van der Waals surface area contributed by atoms with Crippen LogP contribution in [-0.4, -0.2) is 24.4 Å². The molecule has 2 bridgehead atoms. The molecule has 0 saturated carbocycles. The van der Waals surface area contributed by atoms with Crippen LogP contribution in [0.3, 0.4) is 0 Å². The Morgan fingerprint density at radius 3 is 1.74 bits per heavy atom. The summed E-state index contributed by atoms with van der Waals surface area (Å²) in [5.74, 6) is -2.28. The van der Waals surface area contributed by atoms with Crippen LogP contribution in [0.4, 0.5) is 5.69 Å². The molecule has 5 nitrogen and oxygen atoms in total. The maximum Gasteiger partial charge on any atom is 0.340 e. The Labute approximate surface area is 198 Å². The summed E-state index contributed by atoms with van der Waals surface area (Å²) < 4.78 is 5.43. The van der Waals surface area contributed by atoms with E-state index in [-0.39, 0.29) is 29.2 Å². The molecule has 1 fully saturated rings. The van der Waals surface area contributed by atoms with E-state index in [1.54, 1.807) is 24.3 Å². The maximum absolute atomic E-state index is 13.9. The highest BCUT2D eigenvalue weighted by Gasteiger charge is 2.62. The molecule has 1 heterocycles. The van der Waals surface area contributed by atoms with Crippen molar-refractivity contribution in [1.29, 1.82) is 0 Å². The minimum Gasteiger partial charge on any atom is -0.462 e. The molecule has 0 aromatic heterocycles. The van der Waals surface area contributed by atoms with E-state index < -0.39 is 17.8 Å². The van der Waals surface area contributed by atoms with Crippen molar-refractivity contribution in [1.82, 2.24) is 0 Å². The van der Waals surface area contributed by atoms with Crippen molar-refractivity contribution in [2.24, 2.45) is 11.8 Å². The first-order valence-electron chi connectivity index (χ1n) is 11.9. The predicted molar refractivity (Wildman–Crippen MR) is 128 cm³/mol. The fourth-order valence-electron chi connectivity index (χ4n) is 6.14.